The normalized spacial score (nSPS) is 10.3. The maximum Gasteiger partial charge on any atom is 0.340 e. The number of carbonyl (C=O) groups is 4. The van der Waals surface area contributed by atoms with Crippen LogP contribution in [0.15, 0.2) is 66.1 Å². The van der Waals surface area contributed by atoms with E-state index in [9.17, 15) is 19.2 Å². The molecule has 10 nitrogen and oxygen atoms in total. The molecule has 0 fully saturated rings. The average molecular weight is 483 g/mol. The third-order valence-corrected chi connectivity index (χ3v) is 5.49. The molecule has 0 bridgehead atoms. The first kappa shape index (κ1) is 24.5. The fourth-order valence-corrected chi connectivity index (χ4v) is 3.56. The lowest BCUT2D eigenvalue weighted by Crippen LogP contribution is -2.22. The Morgan fingerprint density at radius 3 is 2.53 bits per heavy atom. The van der Waals surface area contributed by atoms with Gasteiger partial charge in [0, 0.05) is 25.1 Å². The molecule has 0 aliphatic rings. The summed E-state index contributed by atoms with van der Waals surface area (Å²) in [5, 5.41) is 5.91. The minimum absolute atomic E-state index is 0.0985. The molecule has 0 radical (unpaired) electrons. The number of para-hydroxylation sites is 1. The molecule has 34 heavy (non-hydrogen) atoms. The van der Waals surface area contributed by atoms with Crippen molar-refractivity contribution < 1.29 is 28.7 Å². The second-order valence-electron chi connectivity index (χ2n) is 6.90. The van der Waals surface area contributed by atoms with Crippen LogP contribution in [0.2, 0.25) is 0 Å². The Hall–Kier alpha value is -4.12. The van der Waals surface area contributed by atoms with Crippen LogP contribution in [0.5, 0.6) is 0 Å². The van der Waals surface area contributed by atoms with Gasteiger partial charge in [-0.15, -0.1) is 0 Å². The van der Waals surface area contributed by atoms with Gasteiger partial charge in [-0.2, -0.15) is 0 Å². The van der Waals surface area contributed by atoms with E-state index in [2.05, 4.69) is 20.4 Å². The van der Waals surface area contributed by atoms with Crippen LogP contribution in [0.25, 0.3) is 0 Å². The molecule has 0 saturated heterocycles. The first-order valence-electron chi connectivity index (χ1n) is 10.0. The number of carbonyl (C=O) groups excluding carboxylic acids is 4. The van der Waals surface area contributed by atoms with Crippen LogP contribution in [-0.2, 0) is 26.1 Å². The number of nitrogens with one attached hydrogen (secondary N) is 2. The number of methoxy groups -OCH3 is 1. The maximum absolute atomic E-state index is 12.5. The number of ether oxygens (including phenoxy) is 2. The third-order valence-electron chi connectivity index (χ3n) is 4.43. The van der Waals surface area contributed by atoms with Crippen molar-refractivity contribution >= 4 is 46.9 Å². The molecule has 1 aromatic heterocycles. The number of hydrogen-bond donors (Lipinski definition) is 2. The first-order chi connectivity index (χ1) is 16.4. The number of anilines is 2. The van der Waals surface area contributed by atoms with Crippen LogP contribution in [0.1, 0.15) is 20.7 Å². The first-order valence-corrected chi connectivity index (χ1v) is 11.0. The van der Waals surface area contributed by atoms with Crippen LogP contribution in [-0.4, -0.2) is 52.8 Å². The van der Waals surface area contributed by atoms with Crippen LogP contribution >= 0.6 is 11.8 Å². The minimum atomic E-state index is -0.772. The predicted octanol–water partition coefficient (Wildman–Crippen LogP) is 2.73. The Bertz CT molecular complexity index is 1210. The van der Waals surface area contributed by atoms with Gasteiger partial charge in [0.15, 0.2) is 11.8 Å². The summed E-state index contributed by atoms with van der Waals surface area (Å²) in [5.41, 5.74) is 0.993. The van der Waals surface area contributed by atoms with E-state index in [0.717, 1.165) is 0 Å². The molecule has 0 aliphatic carbocycles. The molecule has 0 spiro atoms. The number of esters is 2. The molecule has 0 unspecified atom stereocenters. The average Bonchev–Trinajstić information content (AvgIpc) is 3.25. The Morgan fingerprint density at radius 2 is 1.79 bits per heavy atom. The Kier molecular flexibility index (Phi) is 8.41. The van der Waals surface area contributed by atoms with Crippen molar-refractivity contribution in [2.24, 2.45) is 7.05 Å². The van der Waals surface area contributed by atoms with E-state index in [0.29, 0.717) is 10.8 Å². The van der Waals surface area contributed by atoms with E-state index in [4.69, 9.17) is 4.74 Å². The van der Waals surface area contributed by atoms with Crippen LogP contribution in [0.3, 0.4) is 0 Å². The molecule has 3 rings (SSSR count). The molecule has 1 heterocycles. The van der Waals surface area contributed by atoms with Crippen molar-refractivity contribution in [2.75, 3.05) is 30.1 Å². The van der Waals surface area contributed by atoms with E-state index < -0.39 is 24.5 Å². The summed E-state index contributed by atoms with van der Waals surface area (Å²) in [6.07, 6.45) is 3.41. The van der Waals surface area contributed by atoms with Gasteiger partial charge in [0.05, 0.1) is 29.7 Å². The summed E-state index contributed by atoms with van der Waals surface area (Å²) in [5.74, 6) is -2.13. The molecule has 0 atom stereocenters. The molecule has 2 aromatic carbocycles. The monoisotopic (exact) mass is 482 g/mol. The number of aromatic nitrogens is 2. The smallest absolute Gasteiger partial charge is 0.340 e. The topological polar surface area (TPSA) is 129 Å². The molecule has 0 aliphatic heterocycles. The number of imidazole rings is 1. The molecule has 176 valence electrons. The number of amides is 2. The summed E-state index contributed by atoms with van der Waals surface area (Å²) >= 11 is 1.26. The Labute approximate surface area is 199 Å². The van der Waals surface area contributed by atoms with Crippen molar-refractivity contribution in [3.8, 4) is 0 Å². The molecule has 3 aromatic rings. The summed E-state index contributed by atoms with van der Waals surface area (Å²) in [7, 11) is 3.08. The van der Waals surface area contributed by atoms with Crippen LogP contribution in [0.4, 0.5) is 11.4 Å². The number of aryl methyl sites for hydroxylation is 1. The van der Waals surface area contributed by atoms with Crippen LogP contribution in [0, 0.1) is 0 Å². The van der Waals surface area contributed by atoms with Gasteiger partial charge in [-0.1, -0.05) is 30.0 Å². The Morgan fingerprint density at radius 1 is 1.00 bits per heavy atom. The largest absolute Gasteiger partial charge is 0.465 e. The summed E-state index contributed by atoms with van der Waals surface area (Å²) in [4.78, 5) is 52.8. The summed E-state index contributed by atoms with van der Waals surface area (Å²) < 4.78 is 11.5. The lowest BCUT2D eigenvalue weighted by Gasteiger charge is -2.11. The standard InChI is InChI=1S/C23H22N4O6S/c1-27-11-10-24-23(27)34-14-20(29)26-18-9-4-3-8-17(18)22(31)33-13-19(28)25-16-7-5-6-15(12-16)21(30)32-2/h3-12H,13-14H2,1-2H3,(H,25,28)(H,26,29). The van der Waals surface area contributed by atoms with E-state index in [1.165, 1.54) is 31.0 Å². The highest BCUT2D eigenvalue weighted by Gasteiger charge is 2.17. The highest BCUT2D eigenvalue weighted by molar-refractivity contribution is 7.99. The van der Waals surface area contributed by atoms with Crippen molar-refractivity contribution in [2.45, 2.75) is 5.16 Å². The summed E-state index contributed by atoms with van der Waals surface area (Å²) in [6, 6.07) is 12.5. The number of benzene rings is 2. The van der Waals surface area contributed by atoms with Crippen molar-refractivity contribution in [1.29, 1.82) is 0 Å². The van der Waals surface area contributed by atoms with Gasteiger partial charge >= 0.3 is 11.9 Å². The second kappa shape index (κ2) is 11.7. The van der Waals surface area contributed by atoms with Gasteiger partial charge in [-0.05, 0) is 30.3 Å². The lowest BCUT2D eigenvalue weighted by atomic mass is 10.2. The molecule has 2 amide bonds. The van der Waals surface area contributed by atoms with Gasteiger partial charge in [0.25, 0.3) is 5.91 Å². The van der Waals surface area contributed by atoms with Crippen LogP contribution < -0.4 is 10.6 Å². The highest BCUT2D eigenvalue weighted by atomic mass is 32.2. The van der Waals surface area contributed by atoms with Gasteiger partial charge in [-0.3, -0.25) is 9.59 Å². The zero-order valence-electron chi connectivity index (χ0n) is 18.4. The fraction of sp³-hybridized carbons (Fsp3) is 0.174. The molecular weight excluding hydrogens is 460 g/mol. The lowest BCUT2D eigenvalue weighted by molar-refractivity contribution is -0.119. The Balaban J connectivity index is 1.55. The van der Waals surface area contributed by atoms with E-state index in [1.807, 2.05) is 7.05 Å². The SMILES string of the molecule is COC(=O)c1cccc(NC(=O)COC(=O)c2ccccc2NC(=O)CSc2nccn2C)c1. The van der Waals surface area contributed by atoms with E-state index in [1.54, 1.807) is 53.4 Å². The van der Waals surface area contributed by atoms with Gasteiger partial charge in [0.2, 0.25) is 5.91 Å². The molecule has 0 saturated carbocycles. The molecular formula is C23H22N4O6S. The number of nitrogens with zero attached hydrogens (tertiary/aromatic N) is 2. The molecule has 11 heteroatoms. The predicted molar refractivity (Wildman–Crippen MR) is 126 cm³/mol. The zero-order chi connectivity index (χ0) is 24.5. The van der Waals surface area contributed by atoms with Gasteiger partial charge < -0.3 is 24.7 Å². The quantitative estimate of drug-likeness (QED) is 0.352. The van der Waals surface area contributed by atoms with Gasteiger partial charge in [0.1, 0.15) is 0 Å². The summed E-state index contributed by atoms with van der Waals surface area (Å²) in [6.45, 7) is -0.557. The van der Waals surface area contributed by atoms with Crippen molar-refractivity contribution in [3.05, 3.63) is 72.1 Å². The van der Waals surface area contributed by atoms with E-state index >= 15 is 0 Å². The van der Waals surface area contributed by atoms with E-state index in [-0.39, 0.29) is 28.5 Å². The number of thioether (sulfide) groups is 1. The van der Waals surface area contributed by atoms with Crippen molar-refractivity contribution in [1.82, 2.24) is 9.55 Å². The zero-order valence-corrected chi connectivity index (χ0v) is 19.3. The minimum Gasteiger partial charge on any atom is -0.465 e. The molecule has 2 N–H and O–H groups in total. The fourth-order valence-electron chi connectivity index (χ4n) is 2.83. The third kappa shape index (κ3) is 6.69. The highest BCUT2D eigenvalue weighted by Crippen LogP contribution is 2.19. The second-order valence-corrected chi connectivity index (χ2v) is 7.84. The van der Waals surface area contributed by atoms with Crippen molar-refractivity contribution in [3.63, 3.8) is 0 Å². The maximum atomic E-state index is 12.5. The number of hydrogen-bond acceptors (Lipinski definition) is 8. The van der Waals surface area contributed by atoms with Gasteiger partial charge in [-0.25, -0.2) is 14.6 Å². The number of rotatable bonds is 9.